The van der Waals surface area contributed by atoms with E-state index in [9.17, 15) is 0 Å². The van der Waals surface area contributed by atoms with Crippen LogP contribution in [-0.4, -0.2) is 31.4 Å². The van der Waals surface area contributed by atoms with Gasteiger partial charge in [-0.25, -0.2) is 0 Å². The molecule has 0 aromatic heterocycles. The van der Waals surface area contributed by atoms with Gasteiger partial charge in [-0.2, -0.15) is 0 Å². The van der Waals surface area contributed by atoms with E-state index in [-0.39, 0.29) is 18.5 Å². The zero-order chi connectivity index (χ0) is 10.3. The number of ether oxygens (including phenoxy) is 4. The Hall–Kier alpha value is -0.580. The smallest absolute Gasteiger partial charge is 0.228 e. The minimum absolute atomic E-state index is 0.125. The molecule has 0 aliphatic carbocycles. The largest absolute Gasteiger partial charge is 0.464 e. The lowest BCUT2D eigenvalue weighted by atomic mass is 10.2. The standard InChI is InChI=1S/C10H16O4/c1-5-6-7-8(9(11-4)12-6)14-10(2,3)13-7/h5,7-9H,1-4H3/b6-5-. The minimum Gasteiger partial charge on any atom is -0.464 e. The zero-order valence-corrected chi connectivity index (χ0v) is 8.94. The van der Waals surface area contributed by atoms with Crippen LogP contribution >= 0.6 is 0 Å². The molecule has 0 amide bonds. The van der Waals surface area contributed by atoms with Gasteiger partial charge in [0.25, 0.3) is 0 Å². The molecule has 2 heterocycles. The van der Waals surface area contributed by atoms with Crippen LogP contribution in [0.25, 0.3) is 0 Å². The van der Waals surface area contributed by atoms with Crippen molar-refractivity contribution in [3.63, 3.8) is 0 Å². The first-order valence-electron chi connectivity index (χ1n) is 4.78. The summed E-state index contributed by atoms with van der Waals surface area (Å²) >= 11 is 0. The van der Waals surface area contributed by atoms with Crippen LogP contribution in [0.15, 0.2) is 11.8 Å². The molecule has 0 spiro atoms. The van der Waals surface area contributed by atoms with Gasteiger partial charge in [0.2, 0.25) is 6.29 Å². The van der Waals surface area contributed by atoms with Gasteiger partial charge in [0.1, 0.15) is 5.76 Å². The second-order valence-corrected chi connectivity index (χ2v) is 3.93. The lowest BCUT2D eigenvalue weighted by molar-refractivity contribution is -0.201. The highest BCUT2D eigenvalue weighted by Crippen LogP contribution is 2.40. The molecule has 0 aromatic carbocycles. The second-order valence-electron chi connectivity index (χ2n) is 3.93. The minimum atomic E-state index is -0.551. The number of methoxy groups -OCH3 is 1. The third-order valence-corrected chi connectivity index (χ3v) is 2.45. The van der Waals surface area contributed by atoms with Crippen molar-refractivity contribution in [3.8, 4) is 0 Å². The van der Waals surface area contributed by atoms with Gasteiger partial charge >= 0.3 is 0 Å². The highest BCUT2D eigenvalue weighted by atomic mass is 16.8. The van der Waals surface area contributed by atoms with Gasteiger partial charge in [0, 0.05) is 7.11 Å². The fourth-order valence-electron chi connectivity index (χ4n) is 1.89. The van der Waals surface area contributed by atoms with Gasteiger partial charge in [-0.1, -0.05) is 0 Å². The number of allylic oxidation sites excluding steroid dienone is 1. The molecule has 2 aliphatic heterocycles. The summed E-state index contributed by atoms with van der Waals surface area (Å²) in [7, 11) is 1.61. The number of rotatable bonds is 1. The molecule has 2 saturated heterocycles. The summed E-state index contributed by atoms with van der Waals surface area (Å²) in [5.41, 5.74) is 0. The van der Waals surface area contributed by atoms with Gasteiger partial charge < -0.3 is 18.9 Å². The van der Waals surface area contributed by atoms with E-state index in [1.165, 1.54) is 0 Å². The fraction of sp³-hybridized carbons (Fsp3) is 0.800. The summed E-state index contributed by atoms with van der Waals surface area (Å²) in [5.74, 6) is 0.247. The monoisotopic (exact) mass is 200 g/mol. The third-order valence-electron chi connectivity index (χ3n) is 2.45. The van der Waals surface area contributed by atoms with Crippen LogP contribution in [0, 0.1) is 0 Å². The third kappa shape index (κ3) is 1.43. The first-order chi connectivity index (χ1) is 6.57. The Morgan fingerprint density at radius 1 is 1.36 bits per heavy atom. The summed E-state index contributed by atoms with van der Waals surface area (Å²) in [4.78, 5) is 0. The Morgan fingerprint density at radius 2 is 2.07 bits per heavy atom. The van der Waals surface area contributed by atoms with Gasteiger partial charge in [0.15, 0.2) is 18.0 Å². The molecular weight excluding hydrogens is 184 g/mol. The summed E-state index contributed by atoms with van der Waals surface area (Å²) in [6.45, 7) is 5.70. The Labute approximate surface area is 83.8 Å². The van der Waals surface area contributed by atoms with Crippen LogP contribution in [-0.2, 0) is 18.9 Å². The van der Waals surface area contributed by atoms with E-state index in [0.717, 1.165) is 5.76 Å². The maximum Gasteiger partial charge on any atom is 0.228 e. The van der Waals surface area contributed by atoms with Gasteiger partial charge in [-0.15, -0.1) is 0 Å². The normalized spacial score (nSPS) is 42.6. The highest BCUT2D eigenvalue weighted by Gasteiger charge is 2.53. The van der Waals surface area contributed by atoms with Crippen molar-refractivity contribution < 1.29 is 18.9 Å². The molecule has 0 bridgehead atoms. The van der Waals surface area contributed by atoms with Crippen molar-refractivity contribution in [2.24, 2.45) is 0 Å². The van der Waals surface area contributed by atoms with Crippen molar-refractivity contribution in [2.75, 3.05) is 7.11 Å². The van der Waals surface area contributed by atoms with Gasteiger partial charge in [0.05, 0.1) is 0 Å². The summed E-state index contributed by atoms with van der Waals surface area (Å²) in [6.07, 6.45) is 1.26. The quantitative estimate of drug-likeness (QED) is 0.641. The highest BCUT2D eigenvalue weighted by molar-refractivity contribution is 5.11. The molecule has 0 saturated carbocycles. The molecule has 2 fully saturated rings. The molecule has 3 unspecified atom stereocenters. The molecule has 3 atom stereocenters. The zero-order valence-electron chi connectivity index (χ0n) is 8.94. The van der Waals surface area contributed by atoms with Gasteiger partial charge in [-0.3, -0.25) is 0 Å². The first-order valence-corrected chi connectivity index (χ1v) is 4.78. The lowest BCUT2D eigenvalue weighted by Gasteiger charge is -2.21. The van der Waals surface area contributed by atoms with Crippen LogP contribution in [0.5, 0.6) is 0 Å². The van der Waals surface area contributed by atoms with E-state index in [1.54, 1.807) is 7.11 Å². The van der Waals surface area contributed by atoms with E-state index < -0.39 is 5.79 Å². The van der Waals surface area contributed by atoms with Crippen LogP contribution in [0.1, 0.15) is 20.8 Å². The SMILES string of the molecule is C/C=C1\OC(OC)C2OC(C)(C)OC12. The van der Waals surface area contributed by atoms with E-state index in [4.69, 9.17) is 18.9 Å². The Bertz CT molecular complexity index is 259. The summed E-state index contributed by atoms with van der Waals surface area (Å²) < 4.78 is 22.1. The molecule has 0 aromatic rings. The Balaban J connectivity index is 2.21. The van der Waals surface area contributed by atoms with Crippen LogP contribution in [0.2, 0.25) is 0 Å². The first kappa shape index (κ1) is 9.96. The van der Waals surface area contributed by atoms with Crippen molar-refractivity contribution >= 4 is 0 Å². The van der Waals surface area contributed by atoms with Crippen molar-refractivity contribution in [1.82, 2.24) is 0 Å². The van der Waals surface area contributed by atoms with Crippen LogP contribution < -0.4 is 0 Å². The second kappa shape index (κ2) is 3.22. The maximum atomic E-state index is 5.71. The van der Waals surface area contributed by atoms with Crippen molar-refractivity contribution in [2.45, 2.75) is 45.1 Å². The molecule has 14 heavy (non-hydrogen) atoms. The van der Waals surface area contributed by atoms with Crippen LogP contribution in [0.3, 0.4) is 0 Å². The Morgan fingerprint density at radius 3 is 2.64 bits per heavy atom. The molecule has 0 N–H and O–H groups in total. The molecule has 4 heteroatoms. The maximum absolute atomic E-state index is 5.71. The molecule has 0 radical (unpaired) electrons. The molecule has 2 rings (SSSR count). The van der Waals surface area contributed by atoms with Crippen molar-refractivity contribution in [3.05, 3.63) is 11.8 Å². The number of hydrogen-bond acceptors (Lipinski definition) is 4. The molecular formula is C10H16O4. The molecule has 2 aliphatic rings. The lowest BCUT2D eigenvalue weighted by Crippen LogP contribution is -2.30. The predicted molar refractivity (Wildman–Crippen MR) is 49.5 cm³/mol. The van der Waals surface area contributed by atoms with Gasteiger partial charge in [-0.05, 0) is 26.8 Å². The number of hydrogen-bond donors (Lipinski definition) is 0. The topological polar surface area (TPSA) is 36.9 Å². The fourth-order valence-corrected chi connectivity index (χ4v) is 1.89. The van der Waals surface area contributed by atoms with Crippen molar-refractivity contribution in [1.29, 1.82) is 0 Å². The molecule has 80 valence electrons. The summed E-state index contributed by atoms with van der Waals surface area (Å²) in [6, 6.07) is 0. The Kier molecular flexibility index (Phi) is 2.29. The van der Waals surface area contributed by atoms with E-state index >= 15 is 0 Å². The van der Waals surface area contributed by atoms with Crippen LogP contribution in [0.4, 0.5) is 0 Å². The van der Waals surface area contributed by atoms with E-state index in [0.29, 0.717) is 0 Å². The number of fused-ring (bicyclic) bond motifs is 1. The van der Waals surface area contributed by atoms with E-state index in [2.05, 4.69) is 0 Å². The molecule has 4 nitrogen and oxygen atoms in total. The van der Waals surface area contributed by atoms with E-state index in [1.807, 2.05) is 26.8 Å². The summed E-state index contributed by atoms with van der Waals surface area (Å²) in [5, 5.41) is 0. The average Bonchev–Trinajstić information content (AvgIpc) is 2.57. The predicted octanol–water partition coefficient (Wildman–Crippen LogP) is 1.41. The average molecular weight is 200 g/mol.